The molecule has 6 nitrogen and oxygen atoms in total. The second-order valence-corrected chi connectivity index (χ2v) is 3.96. The summed E-state index contributed by atoms with van der Waals surface area (Å²) in [4.78, 5) is 27.0. The Labute approximate surface area is 109 Å². The smallest absolute Gasteiger partial charge is 0.347 e. The Kier molecular flexibility index (Phi) is 3.33. The van der Waals surface area contributed by atoms with Gasteiger partial charge in [-0.2, -0.15) is 4.98 Å². The summed E-state index contributed by atoms with van der Waals surface area (Å²) in [5, 5.41) is 0. The quantitative estimate of drug-likeness (QED) is 0.872. The van der Waals surface area contributed by atoms with Crippen molar-refractivity contribution in [3.63, 3.8) is 0 Å². The molecule has 98 valence electrons. The summed E-state index contributed by atoms with van der Waals surface area (Å²) in [6.07, 6.45) is 1.37. The molecule has 0 saturated heterocycles. The molecule has 0 unspecified atom stereocenters. The molecule has 0 aliphatic carbocycles. The van der Waals surface area contributed by atoms with Crippen molar-refractivity contribution in [2.75, 3.05) is 7.11 Å². The van der Waals surface area contributed by atoms with Gasteiger partial charge in [-0.05, 0) is 12.1 Å². The normalized spacial score (nSPS) is 10.2. The number of carbonyl (C=O) groups excluding carboxylic acids is 1. The Bertz CT molecular complexity index is 692. The van der Waals surface area contributed by atoms with Gasteiger partial charge in [-0.1, -0.05) is 12.1 Å². The molecule has 0 atom stereocenters. The lowest BCUT2D eigenvalue weighted by atomic mass is 10.1. The molecule has 19 heavy (non-hydrogen) atoms. The van der Waals surface area contributed by atoms with Crippen LogP contribution < -0.4 is 16.2 Å². The Hall–Kier alpha value is -2.63. The van der Waals surface area contributed by atoms with Crippen LogP contribution in [0.15, 0.2) is 35.3 Å². The second-order valence-electron chi connectivity index (χ2n) is 3.96. The van der Waals surface area contributed by atoms with Crippen LogP contribution in [0, 0.1) is 0 Å². The van der Waals surface area contributed by atoms with Crippen LogP contribution in [0.5, 0.6) is 5.75 Å². The van der Waals surface area contributed by atoms with E-state index in [4.69, 9.17) is 10.5 Å². The number of hydrogen-bond acceptors (Lipinski definition) is 4. The van der Waals surface area contributed by atoms with Crippen LogP contribution in [0.2, 0.25) is 0 Å². The maximum Gasteiger partial charge on any atom is 0.347 e. The van der Waals surface area contributed by atoms with E-state index in [1.54, 1.807) is 24.3 Å². The average Bonchev–Trinajstić information content (AvgIpc) is 2.41. The van der Waals surface area contributed by atoms with Crippen LogP contribution in [0.1, 0.15) is 10.4 Å². The van der Waals surface area contributed by atoms with Gasteiger partial charge in [-0.25, -0.2) is 4.79 Å². The van der Waals surface area contributed by atoms with Gasteiger partial charge in [-0.15, -0.1) is 0 Å². The topological polar surface area (TPSA) is 87.2 Å². The van der Waals surface area contributed by atoms with Crippen molar-refractivity contribution in [3.05, 3.63) is 46.5 Å². The number of ether oxygens (including phenoxy) is 1. The summed E-state index contributed by atoms with van der Waals surface area (Å²) in [5.74, 6) is -0.130. The van der Waals surface area contributed by atoms with Crippen molar-refractivity contribution in [3.8, 4) is 17.0 Å². The molecular weight excluding hydrogens is 246 g/mol. The van der Waals surface area contributed by atoms with Gasteiger partial charge in [0, 0.05) is 18.8 Å². The predicted octanol–water partition coefficient (Wildman–Crippen LogP) is 0.555. The number of aryl methyl sites for hydroxylation is 1. The van der Waals surface area contributed by atoms with Crippen molar-refractivity contribution in [1.29, 1.82) is 0 Å². The number of carbonyl (C=O) groups is 1. The SMILES string of the molecule is COc1ccccc1-c1nc(=O)n(C)cc1C(N)=O. The van der Waals surface area contributed by atoms with Crippen LogP contribution in [-0.4, -0.2) is 22.6 Å². The maximum atomic E-state index is 11.6. The molecule has 0 bridgehead atoms. The zero-order valence-corrected chi connectivity index (χ0v) is 10.6. The van der Waals surface area contributed by atoms with Gasteiger partial charge < -0.3 is 15.0 Å². The van der Waals surface area contributed by atoms with Gasteiger partial charge in [0.2, 0.25) is 0 Å². The lowest BCUT2D eigenvalue weighted by molar-refractivity contribution is 0.1000. The highest BCUT2D eigenvalue weighted by atomic mass is 16.5. The van der Waals surface area contributed by atoms with Crippen molar-refractivity contribution < 1.29 is 9.53 Å². The molecule has 6 heteroatoms. The fourth-order valence-corrected chi connectivity index (χ4v) is 1.77. The minimum absolute atomic E-state index is 0.173. The molecule has 0 saturated carbocycles. The van der Waals surface area contributed by atoms with E-state index < -0.39 is 11.6 Å². The maximum absolute atomic E-state index is 11.6. The Morgan fingerprint density at radius 2 is 2.05 bits per heavy atom. The first kappa shape index (κ1) is 12.8. The second kappa shape index (κ2) is 4.93. The third-order valence-electron chi connectivity index (χ3n) is 2.71. The lowest BCUT2D eigenvalue weighted by Gasteiger charge is -2.10. The van der Waals surface area contributed by atoms with E-state index in [0.717, 1.165) is 0 Å². The molecule has 0 fully saturated rings. The average molecular weight is 259 g/mol. The number of methoxy groups -OCH3 is 1. The first-order chi connectivity index (χ1) is 9.04. The molecule has 2 aromatic rings. The fraction of sp³-hybridized carbons (Fsp3) is 0.154. The highest BCUT2D eigenvalue weighted by Crippen LogP contribution is 2.29. The zero-order valence-electron chi connectivity index (χ0n) is 10.6. The van der Waals surface area contributed by atoms with E-state index in [-0.39, 0.29) is 11.3 Å². The van der Waals surface area contributed by atoms with Crippen LogP contribution in [0.25, 0.3) is 11.3 Å². The van der Waals surface area contributed by atoms with E-state index in [0.29, 0.717) is 11.3 Å². The first-order valence-corrected chi connectivity index (χ1v) is 5.55. The van der Waals surface area contributed by atoms with Gasteiger partial charge in [0.1, 0.15) is 5.75 Å². The summed E-state index contributed by atoms with van der Waals surface area (Å²) >= 11 is 0. The number of para-hydroxylation sites is 1. The molecule has 0 spiro atoms. The number of nitrogens with zero attached hydrogens (tertiary/aromatic N) is 2. The van der Waals surface area contributed by atoms with Crippen molar-refractivity contribution >= 4 is 5.91 Å². The van der Waals surface area contributed by atoms with Crippen molar-refractivity contribution in [2.24, 2.45) is 12.8 Å². The zero-order chi connectivity index (χ0) is 14.0. The van der Waals surface area contributed by atoms with E-state index in [2.05, 4.69) is 4.98 Å². The lowest BCUT2D eigenvalue weighted by Crippen LogP contribution is -2.25. The van der Waals surface area contributed by atoms with Gasteiger partial charge in [0.25, 0.3) is 5.91 Å². The highest BCUT2D eigenvalue weighted by molar-refractivity contribution is 5.99. The van der Waals surface area contributed by atoms with E-state index >= 15 is 0 Å². The number of rotatable bonds is 3. The molecule has 0 aliphatic heterocycles. The summed E-state index contributed by atoms with van der Waals surface area (Å²) in [5.41, 5.74) is 5.82. The molecule has 1 heterocycles. The molecule has 2 rings (SSSR count). The summed E-state index contributed by atoms with van der Waals surface area (Å²) < 4.78 is 6.41. The Morgan fingerprint density at radius 3 is 2.68 bits per heavy atom. The number of nitrogens with two attached hydrogens (primary N) is 1. The van der Waals surface area contributed by atoms with Crippen molar-refractivity contribution in [2.45, 2.75) is 0 Å². The predicted molar refractivity (Wildman–Crippen MR) is 70.0 cm³/mol. The van der Waals surface area contributed by atoms with Gasteiger partial charge >= 0.3 is 5.69 Å². The third-order valence-corrected chi connectivity index (χ3v) is 2.71. The molecule has 0 radical (unpaired) electrons. The van der Waals surface area contributed by atoms with Gasteiger partial charge in [0.15, 0.2) is 0 Å². The summed E-state index contributed by atoms with van der Waals surface area (Å²) in [6.45, 7) is 0. The standard InChI is InChI=1S/C13H13N3O3/c1-16-7-9(12(14)17)11(15-13(16)18)8-5-3-4-6-10(8)19-2/h3-7H,1-2H3,(H2,14,17). The molecule has 1 aromatic heterocycles. The largest absolute Gasteiger partial charge is 0.496 e. The monoisotopic (exact) mass is 259 g/mol. The minimum Gasteiger partial charge on any atom is -0.496 e. The minimum atomic E-state index is -0.649. The fourth-order valence-electron chi connectivity index (χ4n) is 1.77. The van der Waals surface area contributed by atoms with Crippen LogP contribution >= 0.6 is 0 Å². The molecule has 1 amide bonds. The van der Waals surface area contributed by atoms with Crippen LogP contribution in [0.3, 0.4) is 0 Å². The number of benzene rings is 1. The highest BCUT2D eigenvalue weighted by Gasteiger charge is 2.16. The third kappa shape index (κ3) is 2.33. The van der Waals surface area contributed by atoms with Crippen molar-refractivity contribution in [1.82, 2.24) is 9.55 Å². The van der Waals surface area contributed by atoms with E-state index in [1.807, 2.05) is 0 Å². The molecule has 0 aliphatic rings. The first-order valence-electron chi connectivity index (χ1n) is 5.55. The number of aromatic nitrogens is 2. The Morgan fingerprint density at radius 1 is 1.37 bits per heavy atom. The van der Waals surface area contributed by atoms with Gasteiger partial charge in [-0.3, -0.25) is 4.79 Å². The Balaban J connectivity index is 2.77. The number of primary amides is 1. The van der Waals surface area contributed by atoms with E-state index in [9.17, 15) is 9.59 Å². The summed E-state index contributed by atoms with van der Waals surface area (Å²) in [7, 11) is 3.01. The molecule has 2 N–H and O–H groups in total. The molecular formula is C13H13N3O3. The van der Waals surface area contributed by atoms with E-state index in [1.165, 1.54) is 24.9 Å². The van der Waals surface area contributed by atoms with Crippen LogP contribution in [-0.2, 0) is 7.05 Å². The summed E-state index contributed by atoms with van der Waals surface area (Å²) in [6, 6.07) is 6.99. The number of hydrogen-bond donors (Lipinski definition) is 1. The molecule has 1 aromatic carbocycles. The van der Waals surface area contributed by atoms with Crippen LogP contribution in [0.4, 0.5) is 0 Å². The number of amides is 1. The van der Waals surface area contributed by atoms with Gasteiger partial charge in [0.05, 0.1) is 18.4 Å².